The molecule has 0 heterocycles. The third kappa shape index (κ3) is 5.46. The summed E-state index contributed by atoms with van der Waals surface area (Å²) in [5.41, 5.74) is 4.52. The standard InChI is InChI=1S/C25H30N2O5/c1-3-4-13-22(23(28)26-14-16(2)24(29)30)27-25(31)32-15-21-19-11-7-5-9-17(19)18-10-6-8-12-20(18)21/h5-12,16,21-22H,3-4,13-15H2,1-2H3,(H,26,28)(H,27,31)(H,29,30). The smallest absolute Gasteiger partial charge is 0.407 e. The van der Waals surface area contributed by atoms with Crippen LogP contribution in [0.3, 0.4) is 0 Å². The molecular weight excluding hydrogens is 408 g/mol. The highest BCUT2D eigenvalue weighted by Gasteiger charge is 2.29. The van der Waals surface area contributed by atoms with Crippen LogP contribution in [0.2, 0.25) is 0 Å². The van der Waals surface area contributed by atoms with Crippen LogP contribution in [-0.2, 0) is 14.3 Å². The Labute approximate surface area is 188 Å². The van der Waals surface area contributed by atoms with E-state index in [0.717, 1.165) is 35.1 Å². The van der Waals surface area contributed by atoms with Gasteiger partial charge in [-0.05, 0) is 28.7 Å². The Bertz CT molecular complexity index is 929. The van der Waals surface area contributed by atoms with E-state index >= 15 is 0 Å². The van der Waals surface area contributed by atoms with Gasteiger partial charge in [-0.3, -0.25) is 9.59 Å². The number of carbonyl (C=O) groups excluding carboxylic acids is 2. The van der Waals surface area contributed by atoms with Crippen LogP contribution in [0.25, 0.3) is 11.1 Å². The topological polar surface area (TPSA) is 105 Å². The van der Waals surface area contributed by atoms with E-state index in [-0.39, 0.29) is 19.1 Å². The third-order valence-electron chi connectivity index (χ3n) is 5.80. The van der Waals surface area contributed by atoms with Crippen LogP contribution in [0.15, 0.2) is 48.5 Å². The minimum atomic E-state index is -0.986. The summed E-state index contributed by atoms with van der Waals surface area (Å²) in [5.74, 6) is -2.16. The molecule has 1 aliphatic rings. The summed E-state index contributed by atoms with van der Waals surface area (Å²) >= 11 is 0. The van der Waals surface area contributed by atoms with Crippen LogP contribution in [0.1, 0.15) is 50.2 Å². The molecule has 0 spiro atoms. The highest BCUT2D eigenvalue weighted by molar-refractivity contribution is 5.86. The maximum absolute atomic E-state index is 12.5. The molecule has 3 N–H and O–H groups in total. The molecule has 0 aromatic heterocycles. The number of fused-ring (bicyclic) bond motifs is 3. The van der Waals surface area contributed by atoms with Crippen molar-refractivity contribution >= 4 is 18.0 Å². The fourth-order valence-electron chi connectivity index (χ4n) is 3.92. The number of alkyl carbamates (subject to hydrolysis) is 1. The van der Waals surface area contributed by atoms with Crippen molar-refractivity contribution in [3.63, 3.8) is 0 Å². The van der Waals surface area contributed by atoms with Crippen molar-refractivity contribution in [2.45, 2.75) is 45.1 Å². The first-order valence-corrected chi connectivity index (χ1v) is 11.0. The molecule has 2 atom stereocenters. The van der Waals surface area contributed by atoms with Gasteiger partial charge in [0, 0.05) is 12.5 Å². The highest BCUT2D eigenvalue weighted by atomic mass is 16.5. The number of carbonyl (C=O) groups is 3. The predicted octanol–water partition coefficient (Wildman–Crippen LogP) is 3.92. The van der Waals surface area contributed by atoms with Crippen molar-refractivity contribution in [3.05, 3.63) is 59.7 Å². The van der Waals surface area contributed by atoms with Crippen LogP contribution in [0, 0.1) is 5.92 Å². The van der Waals surface area contributed by atoms with Crippen molar-refractivity contribution < 1.29 is 24.2 Å². The Morgan fingerprint density at radius 2 is 1.62 bits per heavy atom. The predicted molar refractivity (Wildman–Crippen MR) is 121 cm³/mol. The van der Waals surface area contributed by atoms with Crippen molar-refractivity contribution in [1.29, 1.82) is 0 Å². The van der Waals surface area contributed by atoms with E-state index < -0.39 is 29.9 Å². The Balaban J connectivity index is 1.61. The largest absolute Gasteiger partial charge is 0.481 e. The summed E-state index contributed by atoms with van der Waals surface area (Å²) in [5, 5.41) is 14.3. The normalized spacial score (nSPS) is 14.1. The van der Waals surface area contributed by atoms with Crippen molar-refractivity contribution in [1.82, 2.24) is 10.6 Å². The van der Waals surface area contributed by atoms with Crippen LogP contribution in [-0.4, -0.2) is 42.3 Å². The molecule has 0 fully saturated rings. The molecule has 170 valence electrons. The molecule has 1 aliphatic carbocycles. The molecule has 0 radical (unpaired) electrons. The molecule has 0 saturated carbocycles. The first-order chi connectivity index (χ1) is 15.4. The van der Waals surface area contributed by atoms with Crippen molar-refractivity contribution in [2.24, 2.45) is 5.92 Å². The Morgan fingerprint density at radius 3 is 2.19 bits per heavy atom. The number of benzene rings is 2. The molecule has 2 aromatic carbocycles. The van der Waals surface area contributed by atoms with Gasteiger partial charge in [0.2, 0.25) is 5.91 Å². The van der Waals surface area contributed by atoms with Gasteiger partial charge in [0.05, 0.1) is 5.92 Å². The summed E-state index contributed by atoms with van der Waals surface area (Å²) in [6.45, 7) is 3.68. The molecule has 0 saturated heterocycles. The molecule has 2 amide bonds. The molecule has 2 aromatic rings. The number of unbranched alkanes of at least 4 members (excludes halogenated alkanes) is 1. The van der Waals surface area contributed by atoms with Gasteiger partial charge in [-0.15, -0.1) is 0 Å². The van der Waals surface area contributed by atoms with Gasteiger partial charge in [-0.1, -0.05) is 75.2 Å². The molecule has 0 bridgehead atoms. The van der Waals surface area contributed by atoms with E-state index in [1.165, 1.54) is 6.92 Å². The third-order valence-corrected chi connectivity index (χ3v) is 5.80. The van der Waals surface area contributed by atoms with Crippen molar-refractivity contribution in [3.8, 4) is 11.1 Å². The second-order valence-electron chi connectivity index (χ2n) is 8.15. The van der Waals surface area contributed by atoms with Gasteiger partial charge in [0.1, 0.15) is 12.6 Å². The van der Waals surface area contributed by atoms with Crippen LogP contribution in [0.4, 0.5) is 4.79 Å². The SMILES string of the molecule is CCCCC(NC(=O)OCC1c2ccccc2-c2ccccc21)C(=O)NCC(C)C(=O)O. The van der Waals surface area contributed by atoms with E-state index in [4.69, 9.17) is 9.84 Å². The van der Waals surface area contributed by atoms with E-state index in [0.29, 0.717) is 6.42 Å². The summed E-state index contributed by atoms with van der Waals surface area (Å²) in [7, 11) is 0. The van der Waals surface area contributed by atoms with Gasteiger partial charge >= 0.3 is 12.1 Å². The number of hydrogen-bond donors (Lipinski definition) is 3. The van der Waals surface area contributed by atoms with Gasteiger partial charge < -0.3 is 20.5 Å². The fourth-order valence-corrected chi connectivity index (χ4v) is 3.92. The summed E-state index contributed by atoms with van der Waals surface area (Å²) in [4.78, 5) is 36.0. The Morgan fingerprint density at radius 1 is 1.03 bits per heavy atom. The number of carboxylic acids is 1. The number of ether oxygens (including phenoxy) is 1. The summed E-state index contributed by atoms with van der Waals surface area (Å²) in [6.07, 6.45) is 1.40. The second-order valence-corrected chi connectivity index (χ2v) is 8.15. The number of nitrogens with one attached hydrogen (secondary N) is 2. The molecular formula is C25H30N2O5. The number of carboxylic acid groups (broad SMARTS) is 1. The van der Waals surface area contributed by atoms with Crippen molar-refractivity contribution in [2.75, 3.05) is 13.2 Å². The van der Waals surface area contributed by atoms with Gasteiger partial charge in [0.15, 0.2) is 0 Å². The van der Waals surface area contributed by atoms with Crippen LogP contribution < -0.4 is 10.6 Å². The quantitative estimate of drug-likeness (QED) is 0.521. The zero-order valence-corrected chi connectivity index (χ0v) is 18.5. The molecule has 32 heavy (non-hydrogen) atoms. The van der Waals surface area contributed by atoms with Gasteiger partial charge in [0.25, 0.3) is 0 Å². The zero-order chi connectivity index (χ0) is 23.1. The first-order valence-electron chi connectivity index (χ1n) is 11.0. The lowest BCUT2D eigenvalue weighted by Gasteiger charge is -2.20. The van der Waals surface area contributed by atoms with E-state index in [2.05, 4.69) is 22.8 Å². The highest BCUT2D eigenvalue weighted by Crippen LogP contribution is 2.44. The summed E-state index contributed by atoms with van der Waals surface area (Å²) in [6, 6.07) is 15.4. The minimum absolute atomic E-state index is 0.00314. The number of aliphatic carboxylic acids is 1. The van der Waals surface area contributed by atoms with E-state index in [1.807, 2.05) is 43.3 Å². The lowest BCUT2D eigenvalue weighted by Crippen LogP contribution is -2.48. The molecule has 0 aliphatic heterocycles. The average molecular weight is 439 g/mol. The Kier molecular flexibility index (Phi) is 7.87. The lowest BCUT2D eigenvalue weighted by atomic mass is 9.98. The number of rotatable bonds is 10. The van der Waals surface area contributed by atoms with Gasteiger partial charge in [-0.25, -0.2) is 4.79 Å². The van der Waals surface area contributed by atoms with E-state index in [1.54, 1.807) is 0 Å². The Hall–Kier alpha value is -3.35. The van der Waals surface area contributed by atoms with Gasteiger partial charge in [-0.2, -0.15) is 0 Å². The molecule has 3 rings (SSSR count). The maximum Gasteiger partial charge on any atom is 0.407 e. The second kappa shape index (κ2) is 10.8. The zero-order valence-electron chi connectivity index (χ0n) is 18.5. The van der Waals surface area contributed by atoms with E-state index in [9.17, 15) is 14.4 Å². The lowest BCUT2D eigenvalue weighted by molar-refractivity contribution is -0.141. The number of amides is 2. The molecule has 7 nitrogen and oxygen atoms in total. The first kappa shape index (κ1) is 23.3. The fraction of sp³-hybridized carbons (Fsp3) is 0.400. The van der Waals surface area contributed by atoms with Crippen LogP contribution in [0.5, 0.6) is 0 Å². The number of hydrogen-bond acceptors (Lipinski definition) is 4. The summed E-state index contributed by atoms with van der Waals surface area (Å²) < 4.78 is 5.54. The average Bonchev–Trinajstić information content (AvgIpc) is 3.12. The maximum atomic E-state index is 12.5. The molecule has 7 heteroatoms. The van der Waals surface area contributed by atoms with Crippen LogP contribution >= 0.6 is 0 Å². The monoisotopic (exact) mass is 438 g/mol. The minimum Gasteiger partial charge on any atom is -0.481 e. The molecule has 2 unspecified atom stereocenters.